The van der Waals surface area contributed by atoms with Crippen molar-refractivity contribution in [1.29, 1.82) is 0 Å². The number of halogens is 1. The molecular weight excluding hydrogens is 469 g/mol. The maximum atomic E-state index is 15.2. The molecule has 3 aromatic rings. The molecule has 1 atom stereocenters. The van der Waals surface area contributed by atoms with E-state index in [0.717, 1.165) is 23.8 Å². The molecule has 2 aromatic carbocycles. The van der Waals surface area contributed by atoms with E-state index in [9.17, 15) is 19.5 Å². The third kappa shape index (κ3) is 4.65. The first-order valence-electron chi connectivity index (χ1n) is 11.7. The summed E-state index contributed by atoms with van der Waals surface area (Å²) in [7, 11) is 0. The van der Waals surface area contributed by atoms with Gasteiger partial charge in [0.15, 0.2) is 0 Å². The lowest BCUT2D eigenvalue weighted by atomic mass is 10.1. The van der Waals surface area contributed by atoms with E-state index in [1.807, 2.05) is 47.1 Å². The zero-order chi connectivity index (χ0) is 24.7. The van der Waals surface area contributed by atoms with Gasteiger partial charge in [0.05, 0.1) is 16.5 Å². The summed E-state index contributed by atoms with van der Waals surface area (Å²) < 4.78 is 17.0. The highest BCUT2D eigenvalue weighted by atomic mass is 32.2. The normalized spacial score (nSPS) is 17.0. The summed E-state index contributed by atoms with van der Waals surface area (Å²) >= 11 is 1.52. The van der Waals surface area contributed by atoms with Gasteiger partial charge in [-0.05, 0) is 44.0 Å². The van der Waals surface area contributed by atoms with Crippen LogP contribution in [0.25, 0.3) is 10.9 Å². The van der Waals surface area contributed by atoms with E-state index in [4.69, 9.17) is 0 Å². The molecule has 5 rings (SSSR count). The summed E-state index contributed by atoms with van der Waals surface area (Å²) in [5.74, 6) is -1.82. The van der Waals surface area contributed by atoms with Gasteiger partial charge in [-0.1, -0.05) is 18.2 Å². The predicted octanol–water partition coefficient (Wildman–Crippen LogP) is 4.00. The second-order valence-corrected chi connectivity index (χ2v) is 10.4. The zero-order valence-corrected chi connectivity index (χ0v) is 20.1. The Morgan fingerprint density at radius 2 is 1.77 bits per heavy atom. The van der Waals surface area contributed by atoms with Crippen LogP contribution in [0.2, 0.25) is 0 Å². The molecule has 2 heterocycles. The molecule has 1 aromatic heterocycles. The number of nitrogens with zero attached hydrogens (tertiary/aromatic N) is 3. The molecule has 7 nitrogen and oxygen atoms in total. The zero-order valence-electron chi connectivity index (χ0n) is 19.3. The molecule has 2 aliphatic rings. The maximum Gasteiger partial charge on any atom is 0.341 e. The lowest BCUT2D eigenvalue weighted by Crippen LogP contribution is -2.50. The summed E-state index contributed by atoms with van der Waals surface area (Å²) in [6.07, 6.45) is 3.17. The highest BCUT2D eigenvalue weighted by Gasteiger charge is 2.30. The molecule has 35 heavy (non-hydrogen) atoms. The molecule has 1 N–H and O–H groups in total. The number of benzene rings is 2. The maximum absolute atomic E-state index is 15.2. The highest BCUT2D eigenvalue weighted by molar-refractivity contribution is 8.00. The number of carboxylic acid groups (broad SMARTS) is 1. The SMILES string of the molecule is C[C@H](Sc1ccccc1)C(=O)N1CCN(c2cc3c(cc2F)c(=O)c(C(=O)O)cn3C2CC2)CC1. The van der Waals surface area contributed by atoms with Crippen molar-refractivity contribution in [2.75, 3.05) is 31.1 Å². The van der Waals surface area contributed by atoms with Crippen LogP contribution in [0.4, 0.5) is 10.1 Å². The van der Waals surface area contributed by atoms with Crippen LogP contribution >= 0.6 is 11.8 Å². The number of piperazine rings is 1. The Morgan fingerprint density at radius 1 is 1.09 bits per heavy atom. The molecule has 1 aliphatic heterocycles. The second kappa shape index (κ2) is 9.37. The Bertz CT molecular complexity index is 1350. The van der Waals surface area contributed by atoms with Gasteiger partial charge in [-0.3, -0.25) is 9.59 Å². The lowest BCUT2D eigenvalue weighted by molar-refractivity contribution is -0.130. The van der Waals surface area contributed by atoms with E-state index in [0.29, 0.717) is 37.4 Å². The van der Waals surface area contributed by atoms with Gasteiger partial charge in [0, 0.05) is 48.7 Å². The number of carboxylic acids is 1. The number of rotatable bonds is 6. The third-order valence-electron chi connectivity index (χ3n) is 6.61. The minimum Gasteiger partial charge on any atom is -0.477 e. The number of carbonyl (C=O) groups is 2. The Balaban J connectivity index is 1.35. The number of thioether (sulfide) groups is 1. The highest BCUT2D eigenvalue weighted by Crippen LogP contribution is 2.38. The molecule has 0 bridgehead atoms. The number of carbonyl (C=O) groups excluding carboxylic acids is 1. The fraction of sp³-hybridized carbons (Fsp3) is 0.346. The van der Waals surface area contributed by atoms with Gasteiger partial charge in [0.2, 0.25) is 11.3 Å². The minimum absolute atomic E-state index is 0.0567. The molecule has 1 aliphatic carbocycles. The van der Waals surface area contributed by atoms with Crippen LogP contribution in [0.3, 0.4) is 0 Å². The van der Waals surface area contributed by atoms with Crippen LogP contribution in [0.1, 0.15) is 36.2 Å². The molecule has 1 saturated carbocycles. The van der Waals surface area contributed by atoms with E-state index < -0.39 is 17.2 Å². The quantitative estimate of drug-likeness (QED) is 0.521. The van der Waals surface area contributed by atoms with Crippen LogP contribution in [0, 0.1) is 5.82 Å². The Kier molecular flexibility index (Phi) is 6.27. The number of fused-ring (bicyclic) bond motifs is 1. The largest absolute Gasteiger partial charge is 0.477 e. The van der Waals surface area contributed by atoms with Crippen molar-refractivity contribution in [1.82, 2.24) is 9.47 Å². The molecule has 1 amide bonds. The summed E-state index contributed by atoms with van der Waals surface area (Å²) in [6.45, 7) is 3.79. The monoisotopic (exact) mass is 495 g/mol. The van der Waals surface area contributed by atoms with Crippen molar-refractivity contribution < 1.29 is 19.1 Å². The summed E-state index contributed by atoms with van der Waals surface area (Å²) in [6, 6.07) is 12.7. The number of aromatic nitrogens is 1. The number of aromatic carboxylic acids is 1. The molecule has 0 unspecified atom stereocenters. The van der Waals surface area contributed by atoms with Gasteiger partial charge in [-0.25, -0.2) is 9.18 Å². The first kappa shape index (κ1) is 23.4. The van der Waals surface area contributed by atoms with E-state index in [1.165, 1.54) is 18.0 Å². The smallest absolute Gasteiger partial charge is 0.341 e. The third-order valence-corrected chi connectivity index (χ3v) is 7.71. The molecule has 1 saturated heterocycles. The molecule has 9 heteroatoms. The molecular formula is C26H26FN3O4S. The van der Waals surface area contributed by atoms with Crippen molar-refractivity contribution in [3.63, 3.8) is 0 Å². The first-order valence-corrected chi connectivity index (χ1v) is 12.6. The summed E-state index contributed by atoms with van der Waals surface area (Å²) in [5.41, 5.74) is -0.0974. The van der Waals surface area contributed by atoms with Gasteiger partial charge in [-0.15, -0.1) is 11.8 Å². The van der Waals surface area contributed by atoms with Gasteiger partial charge < -0.3 is 19.5 Å². The Hall–Kier alpha value is -3.33. The van der Waals surface area contributed by atoms with E-state index in [2.05, 4.69) is 0 Å². The van der Waals surface area contributed by atoms with Crippen molar-refractivity contribution in [3.8, 4) is 0 Å². The van der Waals surface area contributed by atoms with Crippen LogP contribution in [0.15, 0.2) is 58.4 Å². The van der Waals surface area contributed by atoms with Crippen LogP contribution in [0.5, 0.6) is 0 Å². The first-order chi connectivity index (χ1) is 16.8. The van der Waals surface area contributed by atoms with Gasteiger partial charge in [-0.2, -0.15) is 0 Å². The molecule has 2 fully saturated rings. The number of hydrogen-bond donors (Lipinski definition) is 1. The van der Waals surface area contributed by atoms with Gasteiger partial charge >= 0.3 is 5.97 Å². The van der Waals surface area contributed by atoms with E-state index >= 15 is 4.39 Å². The van der Waals surface area contributed by atoms with Crippen molar-refractivity contribution in [2.45, 2.75) is 36.0 Å². The molecule has 0 radical (unpaired) electrons. The molecule has 182 valence electrons. The van der Waals surface area contributed by atoms with E-state index in [1.54, 1.807) is 10.6 Å². The lowest BCUT2D eigenvalue weighted by Gasteiger charge is -2.37. The Labute approximate surface area is 206 Å². The van der Waals surface area contributed by atoms with Crippen molar-refractivity contribution >= 4 is 40.2 Å². The fourth-order valence-electron chi connectivity index (χ4n) is 4.59. The van der Waals surface area contributed by atoms with E-state index in [-0.39, 0.29) is 28.1 Å². The summed E-state index contributed by atoms with van der Waals surface area (Å²) in [4.78, 5) is 42.0. The number of hydrogen-bond acceptors (Lipinski definition) is 5. The Morgan fingerprint density at radius 3 is 2.40 bits per heavy atom. The summed E-state index contributed by atoms with van der Waals surface area (Å²) in [5, 5.41) is 9.28. The van der Waals surface area contributed by atoms with Gasteiger partial charge in [0.1, 0.15) is 11.4 Å². The second-order valence-electron chi connectivity index (χ2n) is 9.02. The molecule has 0 spiro atoms. The van der Waals surface area contributed by atoms with Crippen molar-refractivity contribution in [2.24, 2.45) is 0 Å². The standard InChI is InChI=1S/C26H26FN3O4S/c1-16(35-18-5-3-2-4-6-18)25(32)29-11-9-28(10-12-29)23-14-22-19(13-21(23)27)24(31)20(26(33)34)15-30(22)17-7-8-17/h2-6,13-17H,7-12H2,1H3,(H,33,34)/t16-/m0/s1. The average molecular weight is 496 g/mol. The predicted molar refractivity (Wildman–Crippen MR) is 134 cm³/mol. The average Bonchev–Trinajstić information content (AvgIpc) is 3.70. The minimum atomic E-state index is -1.31. The number of anilines is 1. The van der Waals surface area contributed by atoms with Crippen LogP contribution in [-0.4, -0.2) is 57.9 Å². The number of amides is 1. The fourth-order valence-corrected chi connectivity index (χ4v) is 5.56. The van der Waals surface area contributed by atoms with Crippen LogP contribution < -0.4 is 10.3 Å². The van der Waals surface area contributed by atoms with Gasteiger partial charge in [0.25, 0.3) is 0 Å². The van der Waals surface area contributed by atoms with Crippen LogP contribution in [-0.2, 0) is 4.79 Å². The topological polar surface area (TPSA) is 82.8 Å². The van der Waals surface area contributed by atoms with Crippen molar-refractivity contribution in [3.05, 3.63) is 70.3 Å². The number of pyridine rings is 1.